The second-order valence-corrected chi connectivity index (χ2v) is 5.05. The molecule has 0 heterocycles. The number of amides is 2. The highest BCUT2D eigenvalue weighted by molar-refractivity contribution is 5.74. The van der Waals surface area contributed by atoms with Crippen molar-refractivity contribution in [2.24, 2.45) is 0 Å². The van der Waals surface area contributed by atoms with Crippen molar-refractivity contribution in [1.29, 1.82) is 0 Å². The summed E-state index contributed by atoms with van der Waals surface area (Å²) < 4.78 is 10.4. The highest BCUT2D eigenvalue weighted by atomic mass is 16.5. The molecule has 0 aliphatic rings. The molecular weight excluding hydrogens is 292 g/mol. The quantitative estimate of drug-likeness (QED) is 0.826. The highest BCUT2D eigenvalue weighted by Crippen LogP contribution is 2.16. The zero-order chi connectivity index (χ0) is 16.5. The summed E-state index contributed by atoms with van der Waals surface area (Å²) in [5.41, 5.74) is 3.05. The summed E-state index contributed by atoms with van der Waals surface area (Å²) in [5.74, 6) is 0.762. The van der Waals surface area contributed by atoms with E-state index in [1.54, 1.807) is 14.2 Å². The van der Waals surface area contributed by atoms with E-state index in [4.69, 9.17) is 9.47 Å². The molecule has 2 N–H and O–H groups in total. The molecule has 0 aliphatic carbocycles. The number of carbonyl (C=O) groups is 1. The molecule has 0 unspecified atom stereocenters. The molecule has 2 aromatic rings. The summed E-state index contributed by atoms with van der Waals surface area (Å²) in [4.78, 5) is 12.0. The minimum atomic E-state index is -0.219. The van der Waals surface area contributed by atoms with Gasteiger partial charge in [-0.3, -0.25) is 0 Å². The topological polar surface area (TPSA) is 59.6 Å². The first-order valence-electron chi connectivity index (χ1n) is 7.44. The third-order valence-electron chi connectivity index (χ3n) is 3.49. The number of rotatable bonds is 7. The summed E-state index contributed by atoms with van der Waals surface area (Å²) >= 11 is 0. The molecular formula is C18H22N2O3. The number of benzene rings is 2. The summed E-state index contributed by atoms with van der Waals surface area (Å²) in [5, 5.41) is 5.69. The van der Waals surface area contributed by atoms with E-state index in [1.165, 1.54) is 0 Å². The van der Waals surface area contributed by atoms with Crippen molar-refractivity contribution in [3.05, 3.63) is 65.2 Å². The molecule has 0 spiro atoms. The summed E-state index contributed by atoms with van der Waals surface area (Å²) in [6, 6.07) is 15.3. The zero-order valence-corrected chi connectivity index (χ0v) is 13.5. The van der Waals surface area contributed by atoms with Gasteiger partial charge < -0.3 is 20.1 Å². The van der Waals surface area contributed by atoms with E-state index in [1.807, 2.05) is 48.5 Å². The number of methoxy groups -OCH3 is 2. The van der Waals surface area contributed by atoms with E-state index < -0.39 is 0 Å². The van der Waals surface area contributed by atoms with Crippen molar-refractivity contribution in [3.8, 4) is 5.75 Å². The Labute approximate surface area is 136 Å². The second-order valence-electron chi connectivity index (χ2n) is 5.05. The third kappa shape index (κ3) is 5.00. The van der Waals surface area contributed by atoms with Gasteiger partial charge in [0.1, 0.15) is 5.75 Å². The van der Waals surface area contributed by atoms with Crippen LogP contribution in [0.15, 0.2) is 48.5 Å². The Bertz CT molecular complexity index is 644. The van der Waals surface area contributed by atoms with Gasteiger partial charge in [0, 0.05) is 25.8 Å². The van der Waals surface area contributed by atoms with Crippen molar-refractivity contribution in [2.75, 3.05) is 14.2 Å². The molecule has 23 heavy (non-hydrogen) atoms. The maximum absolute atomic E-state index is 12.0. The average molecular weight is 314 g/mol. The fourth-order valence-electron chi connectivity index (χ4n) is 2.29. The van der Waals surface area contributed by atoms with Crippen LogP contribution in [0.25, 0.3) is 0 Å². The van der Waals surface area contributed by atoms with Crippen LogP contribution in [0.3, 0.4) is 0 Å². The molecule has 0 aliphatic heterocycles. The van der Waals surface area contributed by atoms with Gasteiger partial charge in [0.15, 0.2) is 0 Å². The minimum Gasteiger partial charge on any atom is -0.496 e. The van der Waals surface area contributed by atoms with Crippen LogP contribution in [0.2, 0.25) is 0 Å². The van der Waals surface area contributed by atoms with Gasteiger partial charge in [-0.05, 0) is 17.2 Å². The van der Waals surface area contributed by atoms with Gasteiger partial charge in [0.2, 0.25) is 0 Å². The van der Waals surface area contributed by atoms with Gasteiger partial charge in [-0.15, -0.1) is 0 Å². The third-order valence-corrected chi connectivity index (χ3v) is 3.49. The molecule has 0 bridgehead atoms. The Morgan fingerprint density at radius 1 is 0.870 bits per heavy atom. The molecule has 0 atom stereocenters. The van der Waals surface area contributed by atoms with Crippen LogP contribution in [0.5, 0.6) is 5.75 Å². The van der Waals surface area contributed by atoms with Crippen LogP contribution in [0.4, 0.5) is 4.79 Å². The molecule has 2 rings (SSSR count). The first-order valence-corrected chi connectivity index (χ1v) is 7.44. The van der Waals surface area contributed by atoms with Crippen LogP contribution < -0.4 is 15.4 Å². The molecule has 0 saturated heterocycles. The van der Waals surface area contributed by atoms with Crippen LogP contribution in [0.1, 0.15) is 16.7 Å². The smallest absolute Gasteiger partial charge is 0.315 e. The fraction of sp³-hybridized carbons (Fsp3) is 0.278. The van der Waals surface area contributed by atoms with Gasteiger partial charge in [0.05, 0.1) is 13.7 Å². The van der Waals surface area contributed by atoms with Gasteiger partial charge in [0.25, 0.3) is 0 Å². The number of hydrogen-bond acceptors (Lipinski definition) is 3. The Morgan fingerprint density at radius 2 is 1.43 bits per heavy atom. The minimum absolute atomic E-state index is 0.219. The van der Waals surface area contributed by atoms with Crippen molar-refractivity contribution in [3.63, 3.8) is 0 Å². The fourth-order valence-corrected chi connectivity index (χ4v) is 2.29. The molecule has 0 radical (unpaired) electrons. The lowest BCUT2D eigenvalue weighted by molar-refractivity contribution is 0.184. The SMILES string of the molecule is COCc1ccccc1CNC(=O)NCc1ccccc1OC. The number of para-hydroxylation sites is 1. The lowest BCUT2D eigenvalue weighted by Crippen LogP contribution is -2.34. The maximum Gasteiger partial charge on any atom is 0.315 e. The predicted octanol–water partition coefficient (Wildman–Crippen LogP) is 2.84. The number of ether oxygens (including phenoxy) is 2. The van der Waals surface area contributed by atoms with Crippen molar-refractivity contribution >= 4 is 6.03 Å². The van der Waals surface area contributed by atoms with Gasteiger partial charge in [-0.25, -0.2) is 4.79 Å². The molecule has 0 aromatic heterocycles. The van der Waals surface area contributed by atoms with Gasteiger partial charge in [-0.2, -0.15) is 0 Å². The predicted molar refractivity (Wildman–Crippen MR) is 89.2 cm³/mol. The standard InChI is InChI=1S/C18H22N2O3/c1-22-13-16-9-4-3-7-14(16)11-19-18(21)20-12-15-8-5-6-10-17(15)23-2/h3-10H,11-13H2,1-2H3,(H2,19,20,21). The van der Waals surface area contributed by atoms with Gasteiger partial charge in [-0.1, -0.05) is 42.5 Å². The largest absolute Gasteiger partial charge is 0.496 e. The lowest BCUT2D eigenvalue weighted by atomic mass is 10.1. The van der Waals surface area contributed by atoms with Crippen LogP contribution in [-0.2, 0) is 24.4 Å². The summed E-state index contributed by atoms with van der Waals surface area (Å²) in [7, 11) is 3.27. The molecule has 122 valence electrons. The van der Waals surface area contributed by atoms with E-state index in [0.29, 0.717) is 19.7 Å². The second kappa shape index (κ2) is 8.80. The normalized spacial score (nSPS) is 10.2. The Hall–Kier alpha value is -2.53. The first kappa shape index (κ1) is 16.8. The Balaban J connectivity index is 1.86. The van der Waals surface area contributed by atoms with E-state index in [2.05, 4.69) is 10.6 Å². The van der Waals surface area contributed by atoms with Crippen LogP contribution >= 0.6 is 0 Å². The first-order chi connectivity index (χ1) is 11.2. The van der Waals surface area contributed by atoms with E-state index in [0.717, 1.165) is 22.4 Å². The van der Waals surface area contributed by atoms with Crippen molar-refractivity contribution in [2.45, 2.75) is 19.7 Å². The van der Waals surface area contributed by atoms with Crippen LogP contribution in [0, 0.1) is 0 Å². The van der Waals surface area contributed by atoms with Crippen molar-refractivity contribution in [1.82, 2.24) is 10.6 Å². The Morgan fingerprint density at radius 3 is 2.09 bits per heavy atom. The molecule has 5 heteroatoms. The lowest BCUT2D eigenvalue weighted by Gasteiger charge is -2.12. The van der Waals surface area contributed by atoms with Gasteiger partial charge >= 0.3 is 6.03 Å². The Kier molecular flexibility index (Phi) is 6.44. The summed E-state index contributed by atoms with van der Waals surface area (Å²) in [6.45, 7) is 1.40. The molecule has 0 fully saturated rings. The number of urea groups is 1. The number of nitrogens with one attached hydrogen (secondary N) is 2. The van der Waals surface area contributed by atoms with E-state index >= 15 is 0 Å². The molecule has 0 saturated carbocycles. The number of hydrogen-bond donors (Lipinski definition) is 2. The molecule has 5 nitrogen and oxygen atoms in total. The zero-order valence-electron chi connectivity index (χ0n) is 13.5. The number of carbonyl (C=O) groups excluding carboxylic acids is 1. The van der Waals surface area contributed by atoms with Crippen molar-refractivity contribution < 1.29 is 14.3 Å². The van der Waals surface area contributed by atoms with E-state index in [9.17, 15) is 4.79 Å². The summed E-state index contributed by atoms with van der Waals surface area (Å²) in [6.07, 6.45) is 0. The van der Waals surface area contributed by atoms with E-state index in [-0.39, 0.29) is 6.03 Å². The maximum atomic E-state index is 12.0. The molecule has 2 amide bonds. The molecule has 2 aromatic carbocycles. The van der Waals surface area contributed by atoms with Crippen LogP contribution in [-0.4, -0.2) is 20.3 Å². The monoisotopic (exact) mass is 314 g/mol. The average Bonchev–Trinajstić information content (AvgIpc) is 2.59. The highest BCUT2D eigenvalue weighted by Gasteiger charge is 2.06.